The van der Waals surface area contributed by atoms with E-state index in [1.54, 1.807) is 42.5 Å². The third kappa shape index (κ3) is 5.91. The number of hydrogen-bond donors (Lipinski definition) is 1. The monoisotopic (exact) mass is 400 g/mol. The number of nitrogens with one attached hydrogen (secondary N) is 1. The highest BCUT2D eigenvalue weighted by Crippen LogP contribution is 2.26. The van der Waals surface area contributed by atoms with Gasteiger partial charge in [-0.15, -0.1) is 0 Å². The van der Waals surface area contributed by atoms with Crippen molar-refractivity contribution in [3.05, 3.63) is 58.1 Å². The summed E-state index contributed by atoms with van der Waals surface area (Å²) in [5.74, 6) is 0.534. The van der Waals surface area contributed by atoms with Gasteiger partial charge in [-0.25, -0.2) is 0 Å². The van der Waals surface area contributed by atoms with Gasteiger partial charge in [-0.2, -0.15) is 5.26 Å². The predicted molar refractivity (Wildman–Crippen MR) is 103 cm³/mol. The summed E-state index contributed by atoms with van der Waals surface area (Å²) >= 11 is 3.46. The Morgan fingerprint density at radius 2 is 1.92 bits per heavy atom. The minimum atomic E-state index is -0.208. The molecule has 2 rings (SSSR count). The van der Waals surface area contributed by atoms with E-state index in [0.717, 1.165) is 16.6 Å². The highest BCUT2D eigenvalue weighted by molar-refractivity contribution is 9.10. The Morgan fingerprint density at radius 3 is 2.56 bits per heavy atom. The van der Waals surface area contributed by atoms with Crippen molar-refractivity contribution in [1.29, 1.82) is 5.26 Å². The number of amides is 1. The maximum atomic E-state index is 12.3. The van der Waals surface area contributed by atoms with Gasteiger partial charge in [0.05, 0.1) is 22.7 Å². The second-order valence-electron chi connectivity index (χ2n) is 5.70. The van der Waals surface area contributed by atoms with Crippen molar-refractivity contribution in [1.82, 2.24) is 0 Å². The smallest absolute Gasteiger partial charge is 0.255 e. The van der Waals surface area contributed by atoms with Gasteiger partial charge in [0.2, 0.25) is 0 Å². The van der Waals surface area contributed by atoms with Crippen LogP contribution in [0.5, 0.6) is 5.75 Å². The molecule has 0 unspecified atom stereocenters. The Hall–Kier alpha value is -2.32. The van der Waals surface area contributed by atoms with E-state index in [9.17, 15) is 4.79 Å². The van der Waals surface area contributed by atoms with E-state index in [0.29, 0.717) is 23.4 Å². The molecule has 0 radical (unpaired) electrons. The lowest BCUT2D eigenvalue weighted by Crippen LogP contribution is -2.12. The zero-order chi connectivity index (χ0) is 18.1. The first kappa shape index (κ1) is 19.0. The highest BCUT2D eigenvalue weighted by atomic mass is 79.9. The summed E-state index contributed by atoms with van der Waals surface area (Å²) in [7, 11) is 0. The van der Waals surface area contributed by atoms with Gasteiger partial charge < -0.3 is 10.1 Å². The second-order valence-corrected chi connectivity index (χ2v) is 6.55. The van der Waals surface area contributed by atoms with Crippen molar-refractivity contribution < 1.29 is 9.53 Å². The van der Waals surface area contributed by atoms with Crippen LogP contribution in [0.3, 0.4) is 0 Å². The van der Waals surface area contributed by atoms with Crippen LogP contribution in [0.1, 0.15) is 48.5 Å². The molecular weight excluding hydrogens is 380 g/mol. The number of unbranched alkanes of at least 4 members (excludes halogenated alkanes) is 3. The first-order valence-electron chi connectivity index (χ1n) is 8.38. The van der Waals surface area contributed by atoms with Crippen LogP contribution in [0.2, 0.25) is 0 Å². The number of carbonyl (C=O) groups is 1. The number of benzene rings is 2. The minimum Gasteiger partial charge on any atom is -0.492 e. The third-order valence-electron chi connectivity index (χ3n) is 3.72. The standard InChI is InChI=1S/C20H21BrN2O2/c1-2-3-4-5-12-25-19-11-8-16(13-18(19)21)20(24)23-17-9-6-15(14-22)7-10-17/h6-11,13H,2-5,12H2,1H3,(H,23,24). The maximum absolute atomic E-state index is 12.3. The average Bonchev–Trinajstić information content (AvgIpc) is 2.63. The normalized spacial score (nSPS) is 10.1. The quantitative estimate of drug-likeness (QED) is 0.592. The maximum Gasteiger partial charge on any atom is 0.255 e. The molecule has 0 aliphatic carbocycles. The number of hydrogen-bond acceptors (Lipinski definition) is 3. The molecule has 130 valence electrons. The molecule has 25 heavy (non-hydrogen) atoms. The van der Waals surface area contributed by atoms with E-state index in [2.05, 4.69) is 28.2 Å². The first-order valence-corrected chi connectivity index (χ1v) is 9.17. The summed E-state index contributed by atoms with van der Waals surface area (Å²) in [6.07, 6.45) is 4.62. The molecule has 2 aromatic carbocycles. The highest BCUT2D eigenvalue weighted by Gasteiger charge is 2.10. The lowest BCUT2D eigenvalue weighted by atomic mass is 10.2. The molecule has 0 fully saturated rings. The summed E-state index contributed by atoms with van der Waals surface area (Å²) in [5.41, 5.74) is 1.74. The van der Waals surface area contributed by atoms with Crippen molar-refractivity contribution in [2.45, 2.75) is 32.6 Å². The molecule has 0 bridgehead atoms. The van der Waals surface area contributed by atoms with Crippen LogP contribution in [-0.2, 0) is 0 Å². The average molecular weight is 401 g/mol. The summed E-state index contributed by atoms with van der Waals surface area (Å²) in [6, 6.07) is 14.1. The largest absolute Gasteiger partial charge is 0.492 e. The fraction of sp³-hybridized carbons (Fsp3) is 0.300. The van der Waals surface area contributed by atoms with Crippen molar-refractivity contribution in [3.8, 4) is 11.8 Å². The molecule has 0 aromatic heterocycles. The molecule has 0 saturated heterocycles. The SMILES string of the molecule is CCCCCCOc1ccc(C(=O)Nc2ccc(C#N)cc2)cc1Br. The third-order valence-corrected chi connectivity index (χ3v) is 4.34. The molecule has 1 amide bonds. The van der Waals surface area contributed by atoms with Crippen LogP contribution in [0.25, 0.3) is 0 Å². The molecule has 0 heterocycles. The van der Waals surface area contributed by atoms with Crippen molar-refractivity contribution >= 4 is 27.5 Å². The van der Waals surface area contributed by atoms with Crippen LogP contribution in [0.4, 0.5) is 5.69 Å². The number of ether oxygens (including phenoxy) is 1. The van der Waals surface area contributed by atoms with Gasteiger partial charge >= 0.3 is 0 Å². The van der Waals surface area contributed by atoms with Gasteiger partial charge in [-0.3, -0.25) is 4.79 Å². The molecule has 4 nitrogen and oxygen atoms in total. The van der Waals surface area contributed by atoms with Gasteiger partial charge in [-0.05, 0) is 64.8 Å². The lowest BCUT2D eigenvalue weighted by Gasteiger charge is -2.10. The fourth-order valence-corrected chi connectivity index (χ4v) is 2.79. The summed E-state index contributed by atoms with van der Waals surface area (Å²) in [4.78, 5) is 12.3. The molecule has 0 spiro atoms. The van der Waals surface area contributed by atoms with Gasteiger partial charge in [0.1, 0.15) is 5.75 Å². The second kappa shape index (κ2) is 9.85. The van der Waals surface area contributed by atoms with E-state index in [1.165, 1.54) is 19.3 Å². The van der Waals surface area contributed by atoms with E-state index in [-0.39, 0.29) is 5.91 Å². The van der Waals surface area contributed by atoms with Crippen LogP contribution >= 0.6 is 15.9 Å². The van der Waals surface area contributed by atoms with Crippen molar-refractivity contribution in [2.75, 3.05) is 11.9 Å². The van der Waals surface area contributed by atoms with Crippen molar-refractivity contribution in [3.63, 3.8) is 0 Å². The van der Waals surface area contributed by atoms with Crippen LogP contribution in [-0.4, -0.2) is 12.5 Å². The van der Waals surface area contributed by atoms with E-state index >= 15 is 0 Å². The van der Waals surface area contributed by atoms with E-state index in [1.807, 2.05) is 6.07 Å². The number of nitrogens with zero attached hydrogens (tertiary/aromatic N) is 1. The number of carbonyl (C=O) groups excluding carboxylic acids is 1. The number of nitriles is 1. The van der Waals surface area contributed by atoms with Crippen molar-refractivity contribution in [2.24, 2.45) is 0 Å². The van der Waals surface area contributed by atoms with Gasteiger partial charge in [0.25, 0.3) is 5.91 Å². The molecule has 5 heteroatoms. The molecule has 0 atom stereocenters. The topological polar surface area (TPSA) is 62.1 Å². The summed E-state index contributed by atoms with van der Waals surface area (Å²) < 4.78 is 6.51. The van der Waals surface area contributed by atoms with Crippen LogP contribution in [0.15, 0.2) is 46.9 Å². The minimum absolute atomic E-state index is 0.208. The van der Waals surface area contributed by atoms with Gasteiger partial charge in [0.15, 0.2) is 0 Å². The Balaban J connectivity index is 1.94. The zero-order valence-electron chi connectivity index (χ0n) is 14.2. The summed E-state index contributed by atoms with van der Waals surface area (Å²) in [5, 5.41) is 11.6. The van der Waals surface area contributed by atoms with Gasteiger partial charge in [-0.1, -0.05) is 26.2 Å². The Morgan fingerprint density at radius 1 is 1.16 bits per heavy atom. The number of halogens is 1. The summed E-state index contributed by atoms with van der Waals surface area (Å²) in [6.45, 7) is 2.86. The number of rotatable bonds is 8. The number of anilines is 1. The molecule has 0 aliphatic heterocycles. The van der Waals surface area contributed by atoms with E-state index in [4.69, 9.17) is 10.00 Å². The fourth-order valence-electron chi connectivity index (χ4n) is 2.30. The molecule has 0 saturated carbocycles. The lowest BCUT2D eigenvalue weighted by molar-refractivity contribution is 0.102. The Bertz CT molecular complexity index is 751. The van der Waals surface area contributed by atoms with E-state index < -0.39 is 0 Å². The van der Waals surface area contributed by atoms with Crippen LogP contribution < -0.4 is 10.1 Å². The van der Waals surface area contributed by atoms with Crippen LogP contribution in [0, 0.1) is 11.3 Å². The first-order chi connectivity index (χ1) is 12.1. The zero-order valence-corrected chi connectivity index (χ0v) is 15.8. The molecule has 2 aromatic rings. The Kier molecular flexibility index (Phi) is 7.49. The van der Waals surface area contributed by atoms with Gasteiger partial charge in [0, 0.05) is 11.3 Å². The predicted octanol–water partition coefficient (Wildman–Crippen LogP) is 5.53. The molecular formula is C20H21BrN2O2. The Labute approximate surface area is 156 Å². The molecule has 0 aliphatic rings. The molecule has 1 N–H and O–H groups in total.